The molecule has 0 saturated heterocycles. The highest BCUT2D eigenvalue weighted by Crippen LogP contribution is 2.36. The number of hydrogen-bond acceptors (Lipinski definition) is 3. The number of carbonyl (C=O) groups is 1. The second kappa shape index (κ2) is 10.8. The van der Waals surface area contributed by atoms with Crippen molar-refractivity contribution in [2.24, 2.45) is 17.8 Å². The van der Waals surface area contributed by atoms with E-state index in [4.69, 9.17) is 9.47 Å². The van der Waals surface area contributed by atoms with Crippen LogP contribution >= 0.6 is 0 Å². The third-order valence-corrected chi connectivity index (χ3v) is 6.54. The summed E-state index contributed by atoms with van der Waals surface area (Å²) in [6.07, 6.45) is 3.26. The molecule has 0 aliphatic heterocycles. The molecular weight excluding hydrogens is 372 g/mol. The molecule has 0 unspecified atom stereocenters. The maximum Gasteiger partial charge on any atom is 0.332 e. The summed E-state index contributed by atoms with van der Waals surface area (Å²) >= 11 is 0. The average molecular weight is 409 g/mol. The highest BCUT2D eigenvalue weighted by Gasteiger charge is 2.32. The van der Waals surface area contributed by atoms with Gasteiger partial charge >= 0.3 is 5.97 Å². The Morgan fingerprint density at radius 1 is 0.933 bits per heavy atom. The summed E-state index contributed by atoms with van der Waals surface area (Å²) < 4.78 is 12.1. The van der Waals surface area contributed by atoms with E-state index in [1.807, 2.05) is 48.5 Å². The molecule has 2 aromatic carbocycles. The van der Waals surface area contributed by atoms with Crippen LogP contribution in [0.25, 0.3) is 0 Å². The Kier molecular flexibility index (Phi) is 8.09. The third kappa shape index (κ3) is 5.95. The van der Waals surface area contributed by atoms with Crippen LogP contribution in [0.5, 0.6) is 0 Å². The second-order valence-corrected chi connectivity index (χ2v) is 9.20. The molecule has 2 aromatic rings. The Morgan fingerprint density at radius 3 is 2.13 bits per heavy atom. The van der Waals surface area contributed by atoms with E-state index in [0.717, 1.165) is 17.5 Å². The van der Waals surface area contributed by atoms with E-state index < -0.39 is 0 Å². The van der Waals surface area contributed by atoms with Gasteiger partial charge in [-0.1, -0.05) is 94.8 Å². The molecule has 0 aromatic heterocycles. The van der Waals surface area contributed by atoms with Gasteiger partial charge in [-0.25, -0.2) is 4.79 Å². The van der Waals surface area contributed by atoms with Gasteiger partial charge in [0.1, 0.15) is 12.7 Å². The molecule has 5 atom stereocenters. The molecule has 1 aliphatic carbocycles. The number of rotatable bonds is 8. The first-order chi connectivity index (χ1) is 14.5. The smallest absolute Gasteiger partial charge is 0.332 e. The Hall–Kier alpha value is -2.13. The van der Waals surface area contributed by atoms with Crippen LogP contribution in [0.15, 0.2) is 60.7 Å². The van der Waals surface area contributed by atoms with E-state index in [-0.39, 0.29) is 30.7 Å². The van der Waals surface area contributed by atoms with Gasteiger partial charge in [-0.05, 0) is 41.7 Å². The standard InChI is InChI=1S/C27H36O3/c1-19(2)24-16-15-20(3)17-25(24)29-18-26(28)30-27(23-13-9-6-10-14-23)21(4)22-11-7-5-8-12-22/h5-14,19-21,24-25,27H,15-18H2,1-4H3/t20-,21-,24+,25+,27+/m1/s1. The number of hydrogen-bond donors (Lipinski definition) is 0. The van der Waals surface area contributed by atoms with E-state index in [1.165, 1.54) is 12.8 Å². The summed E-state index contributed by atoms with van der Waals surface area (Å²) in [7, 11) is 0. The molecule has 3 heteroatoms. The van der Waals surface area contributed by atoms with Gasteiger partial charge in [0.25, 0.3) is 0 Å². The summed E-state index contributed by atoms with van der Waals surface area (Å²) in [5.74, 6) is 1.50. The van der Waals surface area contributed by atoms with Gasteiger partial charge in [-0.3, -0.25) is 0 Å². The molecule has 0 heterocycles. The highest BCUT2D eigenvalue weighted by atomic mass is 16.6. The molecule has 162 valence electrons. The zero-order chi connectivity index (χ0) is 21.5. The average Bonchev–Trinajstić information content (AvgIpc) is 2.76. The van der Waals surface area contributed by atoms with E-state index in [2.05, 4.69) is 39.8 Å². The Labute approximate surface area is 181 Å². The highest BCUT2D eigenvalue weighted by molar-refractivity contribution is 5.71. The van der Waals surface area contributed by atoms with Crippen LogP contribution in [0.2, 0.25) is 0 Å². The fourth-order valence-corrected chi connectivity index (χ4v) is 4.69. The van der Waals surface area contributed by atoms with Crippen molar-refractivity contribution in [1.29, 1.82) is 0 Å². The van der Waals surface area contributed by atoms with Crippen LogP contribution in [-0.4, -0.2) is 18.7 Å². The first-order valence-corrected chi connectivity index (χ1v) is 11.4. The summed E-state index contributed by atoms with van der Waals surface area (Å²) in [6.45, 7) is 8.91. The van der Waals surface area contributed by atoms with Crippen molar-refractivity contribution in [1.82, 2.24) is 0 Å². The van der Waals surface area contributed by atoms with Gasteiger partial charge in [-0.15, -0.1) is 0 Å². The van der Waals surface area contributed by atoms with Crippen molar-refractivity contribution in [2.45, 2.75) is 65.1 Å². The third-order valence-electron chi connectivity index (χ3n) is 6.54. The molecule has 3 nitrogen and oxygen atoms in total. The lowest BCUT2D eigenvalue weighted by atomic mass is 9.75. The Bertz CT molecular complexity index is 771. The van der Waals surface area contributed by atoms with Crippen molar-refractivity contribution in [3.8, 4) is 0 Å². The lowest BCUT2D eigenvalue weighted by Crippen LogP contribution is -2.36. The van der Waals surface area contributed by atoms with E-state index in [1.54, 1.807) is 0 Å². The van der Waals surface area contributed by atoms with Crippen LogP contribution in [0, 0.1) is 17.8 Å². The molecular formula is C27H36O3. The monoisotopic (exact) mass is 408 g/mol. The lowest BCUT2D eigenvalue weighted by Gasteiger charge is -2.37. The zero-order valence-electron chi connectivity index (χ0n) is 18.8. The largest absolute Gasteiger partial charge is 0.455 e. The van der Waals surface area contributed by atoms with Crippen molar-refractivity contribution in [2.75, 3.05) is 6.61 Å². The molecule has 30 heavy (non-hydrogen) atoms. The lowest BCUT2D eigenvalue weighted by molar-refractivity contribution is -0.161. The summed E-state index contributed by atoms with van der Waals surface area (Å²) in [6, 6.07) is 20.2. The Morgan fingerprint density at radius 2 is 1.53 bits per heavy atom. The van der Waals surface area contributed by atoms with Crippen LogP contribution in [0.4, 0.5) is 0 Å². The number of esters is 1. The van der Waals surface area contributed by atoms with Gasteiger partial charge in [0.15, 0.2) is 0 Å². The first-order valence-electron chi connectivity index (χ1n) is 11.4. The SMILES string of the molecule is CC(C)[C@@H]1CC[C@@H](C)C[C@@H]1OCC(=O)O[C@H](c1ccccc1)[C@H](C)c1ccccc1. The van der Waals surface area contributed by atoms with Crippen molar-refractivity contribution in [3.63, 3.8) is 0 Å². The van der Waals surface area contributed by atoms with Gasteiger partial charge in [0.05, 0.1) is 6.10 Å². The predicted molar refractivity (Wildman–Crippen MR) is 121 cm³/mol. The molecule has 1 fully saturated rings. The van der Waals surface area contributed by atoms with Crippen LogP contribution in [-0.2, 0) is 14.3 Å². The molecule has 1 aliphatic rings. The fraction of sp³-hybridized carbons (Fsp3) is 0.519. The van der Waals surface area contributed by atoms with Gasteiger partial charge < -0.3 is 9.47 Å². The van der Waals surface area contributed by atoms with E-state index >= 15 is 0 Å². The molecule has 0 bridgehead atoms. The quantitative estimate of drug-likeness (QED) is 0.465. The molecule has 0 amide bonds. The molecule has 0 radical (unpaired) electrons. The molecule has 1 saturated carbocycles. The van der Waals surface area contributed by atoms with Crippen molar-refractivity contribution >= 4 is 5.97 Å². The maximum absolute atomic E-state index is 12.8. The Balaban J connectivity index is 1.67. The van der Waals surface area contributed by atoms with E-state index in [9.17, 15) is 4.79 Å². The normalized spacial score (nSPS) is 23.7. The minimum atomic E-state index is -0.337. The van der Waals surface area contributed by atoms with Gasteiger partial charge in [0.2, 0.25) is 0 Å². The number of carbonyl (C=O) groups excluding carboxylic acids is 1. The minimum Gasteiger partial charge on any atom is -0.455 e. The second-order valence-electron chi connectivity index (χ2n) is 9.20. The van der Waals surface area contributed by atoms with Crippen molar-refractivity contribution < 1.29 is 14.3 Å². The van der Waals surface area contributed by atoms with Crippen LogP contribution < -0.4 is 0 Å². The summed E-state index contributed by atoms with van der Waals surface area (Å²) in [5.41, 5.74) is 2.16. The first kappa shape index (κ1) is 22.6. The molecule has 0 spiro atoms. The van der Waals surface area contributed by atoms with Crippen molar-refractivity contribution in [3.05, 3.63) is 71.8 Å². The van der Waals surface area contributed by atoms with Crippen LogP contribution in [0.3, 0.4) is 0 Å². The molecule has 3 rings (SSSR count). The zero-order valence-corrected chi connectivity index (χ0v) is 18.8. The topological polar surface area (TPSA) is 35.5 Å². The predicted octanol–water partition coefficient (Wildman–Crippen LogP) is 6.55. The van der Waals surface area contributed by atoms with Crippen LogP contribution in [0.1, 0.15) is 70.1 Å². The minimum absolute atomic E-state index is 0.0193. The van der Waals surface area contributed by atoms with Gasteiger partial charge in [-0.2, -0.15) is 0 Å². The summed E-state index contributed by atoms with van der Waals surface area (Å²) in [4.78, 5) is 12.8. The van der Waals surface area contributed by atoms with Gasteiger partial charge in [0, 0.05) is 5.92 Å². The van der Waals surface area contributed by atoms with E-state index in [0.29, 0.717) is 17.8 Å². The summed E-state index contributed by atoms with van der Waals surface area (Å²) in [5, 5.41) is 0. The fourth-order valence-electron chi connectivity index (χ4n) is 4.69. The maximum atomic E-state index is 12.8. The number of benzene rings is 2. The number of ether oxygens (including phenoxy) is 2. The molecule has 0 N–H and O–H groups in total.